The largest absolute Gasteiger partial charge is 0.353 e. The summed E-state index contributed by atoms with van der Waals surface area (Å²) in [5.41, 5.74) is 10.9. The maximum absolute atomic E-state index is 5.08. The summed E-state index contributed by atoms with van der Waals surface area (Å²) in [5.74, 6) is 0. The summed E-state index contributed by atoms with van der Waals surface area (Å²) < 4.78 is 0. The lowest BCUT2D eigenvalue weighted by atomic mass is 9.98. The molecule has 4 aliphatic rings. The van der Waals surface area contributed by atoms with Gasteiger partial charge in [0.1, 0.15) is 6.17 Å². The van der Waals surface area contributed by atoms with E-state index in [0.717, 1.165) is 42.1 Å². The quantitative estimate of drug-likeness (QED) is 0.457. The number of allylic oxidation sites excluding steroid dienone is 1. The van der Waals surface area contributed by atoms with Crippen molar-refractivity contribution >= 4 is 23.2 Å². The van der Waals surface area contributed by atoms with Crippen molar-refractivity contribution in [2.24, 2.45) is 4.99 Å². The molecule has 0 spiro atoms. The van der Waals surface area contributed by atoms with Crippen molar-refractivity contribution in [2.45, 2.75) is 59.3 Å². The molecule has 4 atom stereocenters. The maximum Gasteiger partial charge on any atom is 0.100 e. The van der Waals surface area contributed by atoms with Crippen molar-refractivity contribution in [3.63, 3.8) is 0 Å². The van der Waals surface area contributed by atoms with E-state index in [0.29, 0.717) is 6.17 Å². The summed E-state index contributed by atoms with van der Waals surface area (Å²) in [5, 5.41) is 0. The Bertz CT molecular complexity index is 1090. The van der Waals surface area contributed by atoms with E-state index in [1.807, 2.05) is 0 Å². The first-order chi connectivity index (χ1) is 14.4. The van der Waals surface area contributed by atoms with Gasteiger partial charge in [-0.15, -0.1) is 0 Å². The number of aryl methyl sites for hydroxylation is 2. The minimum atomic E-state index is 0.627. The lowest BCUT2D eigenvalue weighted by molar-refractivity contribution is 0.442. The summed E-state index contributed by atoms with van der Waals surface area (Å²) in [7, 11) is 0. The van der Waals surface area contributed by atoms with Gasteiger partial charge in [0.25, 0.3) is 0 Å². The highest BCUT2D eigenvalue weighted by Crippen LogP contribution is 2.61. The highest BCUT2D eigenvalue weighted by atomic mass is 15.7. The third kappa shape index (κ3) is 3.04. The Labute approximate surface area is 180 Å². The molecule has 4 unspecified atom stereocenters. The monoisotopic (exact) mass is 397 g/mol. The zero-order valence-corrected chi connectivity index (χ0v) is 18.7. The number of benzene rings is 2. The number of fused-ring (bicyclic) bond motifs is 1. The number of aliphatic imine (C=N–C) groups is 1. The highest BCUT2D eigenvalue weighted by molar-refractivity contribution is 6.03. The van der Waals surface area contributed by atoms with Crippen LogP contribution in [0.15, 0.2) is 53.5 Å². The molecule has 3 nitrogen and oxygen atoms in total. The van der Waals surface area contributed by atoms with Gasteiger partial charge >= 0.3 is 0 Å². The van der Waals surface area contributed by atoms with Crippen molar-refractivity contribution in [3.05, 3.63) is 76.4 Å². The molecular weight excluding hydrogens is 366 g/mol. The summed E-state index contributed by atoms with van der Waals surface area (Å²) in [6, 6.07) is 14.7. The zero-order chi connectivity index (χ0) is 21.2. The van der Waals surface area contributed by atoms with Crippen molar-refractivity contribution in [1.82, 2.24) is 9.80 Å². The molecule has 2 bridgehead atoms. The van der Waals surface area contributed by atoms with Gasteiger partial charge in [-0.2, -0.15) is 0 Å². The van der Waals surface area contributed by atoms with E-state index in [1.54, 1.807) is 0 Å². The predicted molar refractivity (Wildman–Crippen MR) is 127 cm³/mol. The summed E-state index contributed by atoms with van der Waals surface area (Å²) >= 11 is 0. The number of rotatable bonds is 6. The van der Waals surface area contributed by atoms with E-state index >= 15 is 0 Å². The third-order valence-corrected chi connectivity index (χ3v) is 7.22. The van der Waals surface area contributed by atoms with Gasteiger partial charge in [0.15, 0.2) is 0 Å². The van der Waals surface area contributed by atoms with Gasteiger partial charge in [0.2, 0.25) is 0 Å². The lowest BCUT2D eigenvalue weighted by Crippen LogP contribution is -2.20. The van der Waals surface area contributed by atoms with Crippen LogP contribution in [0, 0.1) is 13.8 Å². The molecule has 0 aliphatic carbocycles. The Hall–Kier alpha value is -2.65. The minimum Gasteiger partial charge on any atom is -0.353 e. The molecule has 0 radical (unpaired) electrons. The second kappa shape index (κ2) is 6.95. The number of piperazine rings is 1. The lowest BCUT2D eigenvalue weighted by Gasteiger charge is -2.22. The molecule has 2 aromatic rings. The van der Waals surface area contributed by atoms with Crippen LogP contribution >= 0.6 is 0 Å². The molecule has 0 N–H and O–H groups in total. The molecule has 154 valence electrons. The van der Waals surface area contributed by atoms with Gasteiger partial charge in [0.05, 0.1) is 11.7 Å². The van der Waals surface area contributed by atoms with Gasteiger partial charge < -0.3 is 4.90 Å². The first-order valence-corrected chi connectivity index (χ1v) is 11.1. The number of hydrogen-bond acceptors (Lipinski definition) is 3. The van der Waals surface area contributed by atoms with E-state index in [2.05, 4.69) is 93.5 Å². The highest BCUT2D eigenvalue weighted by Gasteiger charge is 2.79. The van der Waals surface area contributed by atoms with Crippen molar-refractivity contribution in [2.75, 3.05) is 6.54 Å². The van der Waals surface area contributed by atoms with Crippen LogP contribution in [0.25, 0.3) is 11.8 Å². The van der Waals surface area contributed by atoms with Crippen LogP contribution in [0.1, 0.15) is 48.6 Å². The Morgan fingerprint density at radius 2 is 1.93 bits per heavy atom. The molecule has 4 fully saturated rings. The second-order valence-electron chi connectivity index (χ2n) is 9.03. The van der Waals surface area contributed by atoms with Crippen molar-refractivity contribution in [1.29, 1.82) is 0 Å². The van der Waals surface area contributed by atoms with E-state index in [9.17, 15) is 0 Å². The smallest absolute Gasteiger partial charge is 0.100 e. The van der Waals surface area contributed by atoms with Crippen molar-refractivity contribution < 1.29 is 0 Å². The average molecular weight is 398 g/mol. The average Bonchev–Trinajstić information content (AvgIpc) is 3.55. The standard InChI is InChI=1S/C27H31N3/c1-7-21-13-23(20(6)29-15-25-26-27(29)30(25)26)14-24(18(21)4)28-19(5)17(3)12-22-11-9-8-10-16(22)2/h8-14,25-27H,6-7,15H2,1-5H3/b17-12+,28-19?. The minimum absolute atomic E-state index is 0.627. The molecule has 2 aromatic carbocycles. The number of hydrogen-bond donors (Lipinski definition) is 0. The van der Waals surface area contributed by atoms with Crippen molar-refractivity contribution in [3.8, 4) is 0 Å². The van der Waals surface area contributed by atoms with E-state index in [4.69, 9.17) is 4.99 Å². The second-order valence-corrected chi connectivity index (χ2v) is 9.03. The zero-order valence-electron chi connectivity index (χ0n) is 18.7. The first-order valence-electron chi connectivity index (χ1n) is 11.1. The van der Waals surface area contributed by atoms with Crippen LogP contribution in [0.5, 0.6) is 0 Å². The van der Waals surface area contributed by atoms with Crippen LogP contribution in [0.4, 0.5) is 5.69 Å². The maximum atomic E-state index is 5.08. The van der Waals surface area contributed by atoms with Gasteiger partial charge in [-0.3, -0.25) is 9.89 Å². The molecule has 30 heavy (non-hydrogen) atoms. The third-order valence-electron chi connectivity index (χ3n) is 7.22. The van der Waals surface area contributed by atoms with E-state index in [-0.39, 0.29) is 0 Å². The molecule has 6 rings (SSSR count). The molecule has 0 saturated carbocycles. The molecule has 0 aromatic heterocycles. The van der Waals surface area contributed by atoms with Gasteiger partial charge in [-0.25, -0.2) is 0 Å². The number of nitrogens with zero attached hydrogens (tertiary/aromatic N) is 3. The summed E-state index contributed by atoms with van der Waals surface area (Å²) in [6.07, 6.45) is 3.87. The molecular formula is C27H31N3. The van der Waals surface area contributed by atoms with Crippen LogP contribution in [-0.4, -0.2) is 40.3 Å². The van der Waals surface area contributed by atoms with Gasteiger partial charge in [-0.1, -0.05) is 37.8 Å². The van der Waals surface area contributed by atoms with Gasteiger partial charge in [-0.05, 0) is 85.7 Å². The molecule has 3 heteroatoms. The van der Waals surface area contributed by atoms with Crippen LogP contribution in [0.3, 0.4) is 0 Å². The van der Waals surface area contributed by atoms with Crippen LogP contribution in [-0.2, 0) is 6.42 Å². The van der Waals surface area contributed by atoms with E-state index < -0.39 is 0 Å². The van der Waals surface area contributed by atoms with Gasteiger partial charge in [0, 0.05) is 24.0 Å². The Morgan fingerprint density at radius 3 is 2.57 bits per heavy atom. The molecule has 4 heterocycles. The predicted octanol–water partition coefficient (Wildman–Crippen LogP) is 5.74. The van der Waals surface area contributed by atoms with Crippen LogP contribution < -0.4 is 0 Å². The molecule has 4 saturated heterocycles. The Balaban J connectivity index is 1.46. The normalized spacial score (nSPS) is 26.6. The van der Waals surface area contributed by atoms with E-state index in [1.165, 1.54) is 33.4 Å². The fraction of sp³-hybridized carbons (Fsp3) is 0.370. The molecule has 0 amide bonds. The summed E-state index contributed by atoms with van der Waals surface area (Å²) in [6.45, 7) is 16.4. The SMILES string of the molecule is C=C(c1cc(CC)c(C)c(N=C(C)/C(C)=C/c2ccccc2C)c1)N1CC2C3C1N23. The molecule has 4 aliphatic heterocycles. The Morgan fingerprint density at radius 1 is 1.20 bits per heavy atom. The Kier molecular flexibility index (Phi) is 4.48. The summed E-state index contributed by atoms with van der Waals surface area (Å²) in [4.78, 5) is 10.1. The topological polar surface area (TPSA) is 18.6 Å². The van der Waals surface area contributed by atoms with Crippen LogP contribution in [0.2, 0.25) is 0 Å². The fourth-order valence-electron chi connectivity index (χ4n) is 4.92. The first kappa shape index (κ1) is 19.3. The fourth-order valence-corrected chi connectivity index (χ4v) is 4.92.